The van der Waals surface area contributed by atoms with Gasteiger partial charge in [-0.2, -0.15) is 0 Å². The maximum Gasteiger partial charge on any atom is 0.225 e. The van der Waals surface area contributed by atoms with E-state index in [1.165, 1.54) is 30.6 Å². The first kappa shape index (κ1) is 14.7. The lowest BCUT2D eigenvalue weighted by Gasteiger charge is -2.30. The Labute approximate surface area is 129 Å². The van der Waals surface area contributed by atoms with Crippen molar-refractivity contribution < 1.29 is 4.74 Å². The molecule has 1 saturated carbocycles. The molecule has 1 aliphatic rings. The van der Waals surface area contributed by atoms with Gasteiger partial charge in [0.2, 0.25) is 5.88 Å². The largest absolute Gasteiger partial charge is 0.477 e. The van der Waals surface area contributed by atoms with E-state index in [0.29, 0.717) is 11.8 Å². The van der Waals surface area contributed by atoms with E-state index >= 15 is 0 Å². The van der Waals surface area contributed by atoms with E-state index in [4.69, 9.17) is 10.5 Å². The van der Waals surface area contributed by atoms with Crippen molar-refractivity contribution in [1.82, 2.24) is 9.97 Å². The summed E-state index contributed by atoms with van der Waals surface area (Å²) in [4.78, 5) is 11.0. The SMILES string of the molecule is CCc1cc2c(OCC3CCCCC3CN)ncnc2s1. The van der Waals surface area contributed by atoms with Crippen molar-refractivity contribution in [2.45, 2.75) is 39.0 Å². The second kappa shape index (κ2) is 6.71. The number of ether oxygens (including phenoxy) is 1. The third-order valence-corrected chi connectivity index (χ3v) is 5.68. The number of hydrogen-bond donors (Lipinski definition) is 1. The zero-order valence-corrected chi connectivity index (χ0v) is 13.4. The molecule has 0 aliphatic heterocycles. The molecule has 1 fully saturated rings. The summed E-state index contributed by atoms with van der Waals surface area (Å²) >= 11 is 1.73. The van der Waals surface area contributed by atoms with Crippen molar-refractivity contribution in [2.75, 3.05) is 13.2 Å². The molecule has 2 atom stereocenters. The molecule has 0 saturated heterocycles. The highest BCUT2D eigenvalue weighted by atomic mass is 32.1. The van der Waals surface area contributed by atoms with Gasteiger partial charge in [-0.15, -0.1) is 11.3 Å². The standard InChI is InChI=1S/C16H23N3OS/c1-2-13-7-14-15(18-10-19-16(14)21-13)20-9-12-6-4-3-5-11(12)8-17/h7,10-12H,2-6,8-9,17H2,1H3. The summed E-state index contributed by atoms with van der Waals surface area (Å²) in [6.45, 7) is 3.66. The fourth-order valence-corrected chi connectivity index (χ4v) is 4.10. The number of fused-ring (bicyclic) bond motifs is 1. The molecular weight excluding hydrogens is 282 g/mol. The van der Waals surface area contributed by atoms with Gasteiger partial charge in [-0.25, -0.2) is 9.97 Å². The summed E-state index contributed by atoms with van der Waals surface area (Å²) < 4.78 is 6.05. The van der Waals surface area contributed by atoms with Crippen molar-refractivity contribution in [1.29, 1.82) is 0 Å². The van der Waals surface area contributed by atoms with Crippen LogP contribution in [0.15, 0.2) is 12.4 Å². The average molecular weight is 305 g/mol. The van der Waals surface area contributed by atoms with Gasteiger partial charge in [0.15, 0.2) is 0 Å². The minimum absolute atomic E-state index is 0.568. The number of hydrogen-bond acceptors (Lipinski definition) is 5. The first-order chi connectivity index (χ1) is 10.3. The summed E-state index contributed by atoms with van der Waals surface area (Å²) in [5, 5.41) is 1.06. The van der Waals surface area contributed by atoms with E-state index in [1.54, 1.807) is 17.7 Å². The molecule has 5 heteroatoms. The van der Waals surface area contributed by atoms with Crippen molar-refractivity contribution >= 4 is 21.6 Å². The van der Waals surface area contributed by atoms with Gasteiger partial charge in [0.1, 0.15) is 11.2 Å². The molecule has 1 aliphatic carbocycles. The summed E-state index contributed by atoms with van der Waals surface area (Å²) in [7, 11) is 0. The fraction of sp³-hybridized carbons (Fsp3) is 0.625. The molecule has 0 bridgehead atoms. The molecule has 3 rings (SSSR count). The van der Waals surface area contributed by atoms with Crippen molar-refractivity contribution in [3.8, 4) is 5.88 Å². The summed E-state index contributed by atoms with van der Waals surface area (Å²) in [6.07, 6.45) is 7.69. The second-order valence-corrected chi connectivity index (χ2v) is 6.93. The zero-order valence-electron chi connectivity index (χ0n) is 12.5. The number of nitrogens with zero attached hydrogens (tertiary/aromatic N) is 2. The van der Waals surface area contributed by atoms with Crippen LogP contribution in [0.5, 0.6) is 5.88 Å². The Morgan fingerprint density at radius 2 is 2.10 bits per heavy atom. The maximum absolute atomic E-state index is 6.05. The molecule has 2 heterocycles. The van der Waals surface area contributed by atoms with E-state index in [9.17, 15) is 0 Å². The van der Waals surface area contributed by atoms with E-state index in [2.05, 4.69) is 23.0 Å². The summed E-state index contributed by atoms with van der Waals surface area (Å²) in [5.74, 6) is 1.90. The van der Waals surface area contributed by atoms with Crippen LogP contribution in [0.4, 0.5) is 0 Å². The lowest BCUT2D eigenvalue weighted by atomic mass is 9.80. The topological polar surface area (TPSA) is 61.0 Å². The van der Waals surface area contributed by atoms with Gasteiger partial charge in [-0.3, -0.25) is 0 Å². The summed E-state index contributed by atoms with van der Waals surface area (Å²) in [5.41, 5.74) is 5.89. The van der Waals surface area contributed by atoms with Crippen LogP contribution in [0, 0.1) is 11.8 Å². The number of thiophene rings is 1. The lowest BCUT2D eigenvalue weighted by Crippen LogP contribution is -2.30. The Morgan fingerprint density at radius 1 is 1.29 bits per heavy atom. The van der Waals surface area contributed by atoms with E-state index in [0.717, 1.165) is 35.7 Å². The molecule has 114 valence electrons. The third kappa shape index (κ3) is 3.19. The summed E-state index contributed by atoms with van der Waals surface area (Å²) in [6, 6.07) is 2.16. The van der Waals surface area contributed by atoms with Crippen LogP contribution >= 0.6 is 11.3 Å². The zero-order chi connectivity index (χ0) is 14.7. The van der Waals surface area contributed by atoms with Crippen LogP contribution in [-0.2, 0) is 6.42 Å². The highest BCUT2D eigenvalue weighted by molar-refractivity contribution is 7.18. The molecule has 4 nitrogen and oxygen atoms in total. The third-order valence-electron chi connectivity index (χ3n) is 4.50. The lowest BCUT2D eigenvalue weighted by molar-refractivity contribution is 0.151. The van der Waals surface area contributed by atoms with Crippen molar-refractivity contribution in [2.24, 2.45) is 17.6 Å². The fourth-order valence-electron chi connectivity index (χ4n) is 3.17. The minimum atomic E-state index is 0.568. The van der Waals surface area contributed by atoms with Gasteiger partial charge in [0.05, 0.1) is 12.0 Å². The molecule has 0 aromatic carbocycles. The van der Waals surface area contributed by atoms with Crippen LogP contribution in [0.1, 0.15) is 37.5 Å². The van der Waals surface area contributed by atoms with Gasteiger partial charge < -0.3 is 10.5 Å². The van der Waals surface area contributed by atoms with Crippen LogP contribution in [0.3, 0.4) is 0 Å². The number of nitrogens with two attached hydrogens (primary N) is 1. The van der Waals surface area contributed by atoms with Gasteiger partial charge in [0.25, 0.3) is 0 Å². The van der Waals surface area contributed by atoms with Crippen LogP contribution in [-0.4, -0.2) is 23.1 Å². The van der Waals surface area contributed by atoms with Crippen molar-refractivity contribution in [3.05, 3.63) is 17.3 Å². The number of aromatic nitrogens is 2. The minimum Gasteiger partial charge on any atom is -0.477 e. The van der Waals surface area contributed by atoms with Gasteiger partial charge in [-0.05, 0) is 43.7 Å². The molecule has 0 amide bonds. The number of rotatable bonds is 5. The molecular formula is C16H23N3OS. The Morgan fingerprint density at radius 3 is 2.86 bits per heavy atom. The highest BCUT2D eigenvalue weighted by Crippen LogP contribution is 2.32. The first-order valence-electron chi connectivity index (χ1n) is 7.88. The molecule has 2 unspecified atom stereocenters. The average Bonchev–Trinajstić information content (AvgIpc) is 2.97. The molecule has 2 aromatic rings. The molecule has 0 radical (unpaired) electrons. The Bertz CT molecular complexity index is 598. The van der Waals surface area contributed by atoms with Crippen LogP contribution in [0.25, 0.3) is 10.2 Å². The Hall–Kier alpha value is -1.20. The highest BCUT2D eigenvalue weighted by Gasteiger charge is 2.25. The quantitative estimate of drug-likeness (QED) is 0.919. The van der Waals surface area contributed by atoms with Gasteiger partial charge in [0, 0.05) is 4.88 Å². The van der Waals surface area contributed by atoms with Crippen LogP contribution < -0.4 is 10.5 Å². The van der Waals surface area contributed by atoms with Crippen LogP contribution in [0.2, 0.25) is 0 Å². The Kier molecular flexibility index (Phi) is 4.70. The molecule has 2 N–H and O–H groups in total. The predicted molar refractivity (Wildman–Crippen MR) is 86.8 cm³/mol. The Balaban J connectivity index is 1.74. The predicted octanol–water partition coefficient (Wildman–Crippen LogP) is 3.40. The molecule has 0 spiro atoms. The normalized spacial score (nSPS) is 22.6. The monoisotopic (exact) mass is 305 g/mol. The maximum atomic E-state index is 6.05. The van der Waals surface area contributed by atoms with Gasteiger partial charge >= 0.3 is 0 Å². The van der Waals surface area contributed by atoms with Crippen molar-refractivity contribution in [3.63, 3.8) is 0 Å². The first-order valence-corrected chi connectivity index (χ1v) is 8.69. The smallest absolute Gasteiger partial charge is 0.225 e. The van der Waals surface area contributed by atoms with E-state index in [-0.39, 0.29) is 0 Å². The molecule has 2 aromatic heterocycles. The van der Waals surface area contributed by atoms with E-state index < -0.39 is 0 Å². The van der Waals surface area contributed by atoms with E-state index in [1.807, 2.05) is 0 Å². The molecule has 21 heavy (non-hydrogen) atoms. The second-order valence-electron chi connectivity index (χ2n) is 5.82. The van der Waals surface area contributed by atoms with Gasteiger partial charge in [-0.1, -0.05) is 19.8 Å². The number of aryl methyl sites for hydroxylation is 1.